The quantitative estimate of drug-likeness (QED) is 0.759. The summed E-state index contributed by atoms with van der Waals surface area (Å²) >= 11 is 0. The predicted octanol–water partition coefficient (Wildman–Crippen LogP) is 1.47. The average Bonchev–Trinajstić information content (AvgIpc) is 2.69. The third kappa shape index (κ3) is 2.18. The smallest absolute Gasteiger partial charge is 0.247 e. The van der Waals surface area contributed by atoms with E-state index in [4.69, 9.17) is 4.84 Å². The number of hydrogen-bond donors (Lipinski definition) is 1. The van der Waals surface area contributed by atoms with Gasteiger partial charge in [0.15, 0.2) is 0 Å². The summed E-state index contributed by atoms with van der Waals surface area (Å²) in [6.07, 6.45) is 1.66. The lowest BCUT2D eigenvalue weighted by Crippen LogP contribution is -2.31. The van der Waals surface area contributed by atoms with E-state index in [0.717, 1.165) is 12.8 Å². The topological polar surface area (TPSA) is 38.3 Å². The van der Waals surface area contributed by atoms with E-state index in [2.05, 4.69) is 17.6 Å². The van der Waals surface area contributed by atoms with Gasteiger partial charge in [-0.05, 0) is 30.9 Å². The number of amides is 1. The normalized spacial score (nSPS) is 15.0. The summed E-state index contributed by atoms with van der Waals surface area (Å²) in [7, 11) is 0. The Morgan fingerprint density at radius 2 is 2.00 bits per heavy atom. The minimum Gasteiger partial charge on any atom is -0.274 e. The molecule has 0 aliphatic heterocycles. The van der Waals surface area contributed by atoms with Gasteiger partial charge >= 0.3 is 0 Å². The van der Waals surface area contributed by atoms with Gasteiger partial charge in [-0.3, -0.25) is 9.63 Å². The summed E-state index contributed by atoms with van der Waals surface area (Å²) in [6, 6.07) is 8.20. The molecule has 0 saturated heterocycles. The maximum absolute atomic E-state index is 11.6. The van der Waals surface area contributed by atoms with Crippen LogP contribution in [0.25, 0.3) is 0 Å². The largest absolute Gasteiger partial charge is 0.274 e. The Hall–Kier alpha value is -1.35. The summed E-state index contributed by atoms with van der Waals surface area (Å²) in [6.45, 7) is 2.36. The highest BCUT2D eigenvalue weighted by atomic mass is 16.6. The molecular formula is C12H15NO2. The van der Waals surface area contributed by atoms with Crippen LogP contribution in [0.3, 0.4) is 0 Å². The molecule has 0 saturated carbocycles. The number of carbonyl (C=O) groups excluding carboxylic acids is 1. The second-order valence-electron chi connectivity index (χ2n) is 3.77. The Balaban J connectivity index is 1.98. The third-order valence-electron chi connectivity index (χ3n) is 2.74. The second-order valence-corrected chi connectivity index (χ2v) is 3.77. The minimum atomic E-state index is -0.00644. The SMILES string of the molecule is CCONC(=O)C1Cc2ccccc2C1. The van der Waals surface area contributed by atoms with Crippen molar-refractivity contribution in [2.75, 3.05) is 6.61 Å². The maximum Gasteiger partial charge on any atom is 0.247 e. The van der Waals surface area contributed by atoms with Gasteiger partial charge < -0.3 is 0 Å². The van der Waals surface area contributed by atoms with Gasteiger partial charge in [0, 0.05) is 5.92 Å². The van der Waals surface area contributed by atoms with Crippen LogP contribution in [0, 0.1) is 5.92 Å². The van der Waals surface area contributed by atoms with Crippen LogP contribution < -0.4 is 5.48 Å². The van der Waals surface area contributed by atoms with E-state index < -0.39 is 0 Å². The molecule has 80 valence electrons. The van der Waals surface area contributed by atoms with Crippen molar-refractivity contribution in [3.63, 3.8) is 0 Å². The molecule has 1 aromatic carbocycles. The lowest BCUT2D eigenvalue weighted by molar-refractivity contribution is -0.137. The van der Waals surface area contributed by atoms with Crippen molar-refractivity contribution >= 4 is 5.91 Å². The van der Waals surface area contributed by atoms with Crippen LogP contribution in [0.4, 0.5) is 0 Å². The Morgan fingerprint density at radius 1 is 1.40 bits per heavy atom. The number of benzene rings is 1. The van der Waals surface area contributed by atoms with Crippen molar-refractivity contribution in [3.8, 4) is 0 Å². The van der Waals surface area contributed by atoms with Gasteiger partial charge in [-0.1, -0.05) is 24.3 Å². The first kappa shape index (κ1) is 10.2. The van der Waals surface area contributed by atoms with E-state index in [1.54, 1.807) is 0 Å². The molecule has 0 aromatic heterocycles. The van der Waals surface area contributed by atoms with Gasteiger partial charge in [0.2, 0.25) is 5.91 Å². The number of carbonyl (C=O) groups is 1. The summed E-state index contributed by atoms with van der Waals surface area (Å²) < 4.78 is 0. The van der Waals surface area contributed by atoms with Gasteiger partial charge in [0.1, 0.15) is 0 Å². The molecule has 0 fully saturated rings. The number of nitrogens with one attached hydrogen (secondary N) is 1. The van der Waals surface area contributed by atoms with Crippen molar-refractivity contribution in [1.29, 1.82) is 0 Å². The van der Waals surface area contributed by atoms with E-state index in [0.29, 0.717) is 6.61 Å². The molecule has 1 aromatic rings. The van der Waals surface area contributed by atoms with Gasteiger partial charge in [-0.2, -0.15) is 0 Å². The fourth-order valence-corrected chi connectivity index (χ4v) is 1.97. The summed E-state index contributed by atoms with van der Waals surface area (Å²) in [5.41, 5.74) is 5.04. The Bertz CT molecular complexity index is 337. The van der Waals surface area contributed by atoms with Crippen LogP contribution in [0.1, 0.15) is 18.1 Å². The summed E-state index contributed by atoms with van der Waals surface area (Å²) in [4.78, 5) is 16.5. The Morgan fingerprint density at radius 3 is 2.53 bits per heavy atom. The number of rotatable bonds is 3. The first-order valence-electron chi connectivity index (χ1n) is 5.29. The number of hydroxylamine groups is 1. The lowest BCUT2D eigenvalue weighted by Gasteiger charge is -2.08. The van der Waals surface area contributed by atoms with Gasteiger partial charge in [-0.15, -0.1) is 0 Å². The van der Waals surface area contributed by atoms with Crippen molar-refractivity contribution in [2.24, 2.45) is 5.92 Å². The third-order valence-corrected chi connectivity index (χ3v) is 2.74. The molecule has 0 heterocycles. The highest BCUT2D eigenvalue weighted by Crippen LogP contribution is 2.26. The van der Waals surface area contributed by atoms with Gasteiger partial charge in [0.25, 0.3) is 0 Å². The number of hydrogen-bond acceptors (Lipinski definition) is 2. The Kier molecular flexibility index (Phi) is 3.02. The van der Waals surface area contributed by atoms with E-state index in [1.807, 2.05) is 19.1 Å². The van der Waals surface area contributed by atoms with Crippen molar-refractivity contribution in [2.45, 2.75) is 19.8 Å². The van der Waals surface area contributed by atoms with Crippen molar-refractivity contribution in [3.05, 3.63) is 35.4 Å². The lowest BCUT2D eigenvalue weighted by atomic mass is 10.1. The van der Waals surface area contributed by atoms with Crippen molar-refractivity contribution in [1.82, 2.24) is 5.48 Å². The maximum atomic E-state index is 11.6. The Labute approximate surface area is 89.4 Å². The molecule has 3 nitrogen and oxygen atoms in total. The monoisotopic (exact) mass is 205 g/mol. The first-order valence-corrected chi connectivity index (χ1v) is 5.29. The molecule has 0 spiro atoms. The average molecular weight is 205 g/mol. The van der Waals surface area contributed by atoms with Crippen LogP contribution in [0.5, 0.6) is 0 Å². The highest BCUT2D eigenvalue weighted by molar-refractivity contribution is 5.79. The van der Waals surface area contributed by atoms with Crippen LogP contribution in [0.2, 0.25) is 0 Å². The van der Waals surface area contributed by atoms with E-state index in [9.17, 15) is 4.79 Å². The molecule has 3 heteroatoms. The van der Waals surface area contributed by atoms with Crippen LogP contribution in [-0.4, -0.2) is 12.5 Å². The molecule has 1 aliphatic rings. The zero-order valence-corrected chi connectivity index (χ0v) is 8.82. The van der Waals surface area contributed by atoms with Crippen LogP contribution in [0.15, 0.2) is 24.3 Å². The zero-order chi connectivity index (χ0) is 10.7. The molecule has 2 rings (SSSR count). The summed E-state index contributed by atoms with van der Waals surface area (Å²) in [5.74, 6) is 0.0296. The standard InChI is InChI=1S/C12H15NO2/c1-2-15-13-12(14)11-7-9-5-3-4-6-10(9)8-11/h3-6,11H,2,7-8H2,1H3,(H,13,14). The van der Waals surface area contributed by atoms with E-state index >= 15 is 0 Å². The van der Waals surface area contributed by atoms with Crippen LogP contribution >= 0.6 is 0 Å². The molecule has 0 radical (unpaired) electrons. The van der Waals surface area contributed by atoms with Gasteiger partial charge in [-0.25, -0.2) is 5.48 Å². The van der Waals surface area contributed by atoms with E-state index in [-0.39, 0.29) is 11.8 Å². The zero-order valence-electron chi connectivity index (χ0n) is 8.82. The molecule has 1 aliphatic carbocycles. The molecule has 0 atom stereocenters. The van der Waals surface area contributed by atoms with Crippen LogP contribution in [-0.2, 0) is 22.5 Å². The number of fused-ring (bicyclic) bond motifs is 1. The van der Waals surface area contributed by atoms with Crippen molar-refractivity contribution < 1.29 is 9.63 Å². The second kappa shape index (κ2) is 4.45. The fraction of sp³-hybridized carbons (Fsp3) is 0.417. The molecule has 15 heavy (non-hydrogen) atoms. The first-order chi connectivity index (χ1) is 7.31. The molecular weight excluding hydrogens is 190 g/mol. The summed E-state index contributed by atoms with van der Waals surface area (Å²) in [5, 5.41) is 0. The highest BCUT2D eigenvalue weighted by Gasteiger charge is 2.26. The minimum absolute atomic E-state index is 0.00644. The fourth-order valence-electron chi connectivity index (χ4n) is 1.97. The molecule has 1 N–H and O–H groups in total. The van der Waals surface area contributed by atoms with Gasteiger partial charge in [0.05, 0.1) is 6.61 Å². The molecule has 0 unspecified atom stereocenters. The molecule has 0 bridgehead atoms. The molecule has 1 amide bonds. The van der Waals surface area contributed by atoms with E-state index in [1.165, 1.54) is 11.1 Å². The predicted molar refractivity (Wildman–Crippen MR) is 57.1 cm³/mol.